The van der Waals surface area contributed by atoms with Crippen LogP contribution in [0.4, 0.5) is 5.69 Å². The van der Waals surface area contributed by atoms with Gasteiger partial charge in [-0.05, 0) is 43.3 Å². The van der Waals surface area contributed by atoms with Crippen LogP contribution in [0.15, 0.2) is 48.2 Å². The number of amides is 1. The molecule has 1 aliphatic rings. The van der Waals surface area contributed by atoms with E-state index in [1.165, 1.54) is 11.3 Å². The zero-order valence-electron chi connectivity index (χ0n) is 15.5. The number of aromatic nitrogens is 3. The number of nitrogen functional groups attached to an aromatic ring is 1. The van der Waals surface area contributed by atoms with Crippen molar-refractivity contribution in [3.63, 3.8) is 0 Å². The maximum Gasteiger partial charge on any atom is 0.265 e. The normalized spacial score (nSPS) is 19.4. The molecule has 0 radical (unpaired) electrons. The van der Waals surface area contributed by atoms with Crippen molar-refractivity contribution in [3.05, 3.63) is 53.1 Å². The van der Waals surface area contributed by atoms with Crippen molar-refractivity contribution in [2.45, 2.75) is 31.9 Å². The van der Waals surface area contributed by atoms with Gasteiger partial charge in [0.05, 0.1) is 6.54 Å². The molecule has 1 amide bonds. The lowest BCUT2D eigenvalue weighted by Crippen LogP contribution is -2.49. The Labute approximate surface area is 167 Å². The lowest BCUT2D eigenvalue weighted by Gasteiger charge is -2.37. The van der Waals surface area contributed by atoms with Crippen molar-refractivity contribution in [2.75, 3.05) is 12.3 Å². The molecule has 1 fully saturated rings. The van der Waals surface area contributed by atoms with Gasteiger partial charge in [0.2, 0.25) is 5.88 Å². The highest BCUT2D eigenvalue weighted by molar-refractivity contribution is 7.12. The average Bonchev–Trinajstić information content (AvgIpc) is 3.19. The Morgan fingerprint density at radius 3 is 2.82 bits per heavy atom. The van der Waals surface area contributed by atoms with E-state index in [0.29, 0.717) is 28.8 Å². The van der Waals surface area contributed by atoms with Crippen LogP contribution in [0, 0.1) is 0 Å². The maximum atomic E-state index is 13.3. The number of thiophene rings is 1. The summed E-state index contributed by atoms with van der Waals surface area (Å²) in [4.78, 5) is 28.6. The second-order valence-electron chi connectivity index (χ2n) is 6.79. The van der Waals surface area contributed by atoms with E-state index in [1.807, 2.05) is 16.3 Å². The quantitative estimate of drug-likeness (QED) is 0.729. The van der Waals surface area contributed by atoms with Crippen molar-refractivity contribution in [3.8, 4) is 17.3 Å². The minimum atomic E-state index is -0.120. The van der Waals surface area contributed by atoms with Crippen molar-refractivity contribution in [1.82, 2.24) is 19.9 Å². The number of carbonyl (C=O) groups excluding carboxylic acids is 1. The largest absolute Gasteiger partial charge is 0.472 e. The third kappa shape index (κ3) is 3.82. The number of hydrogen-bond acceptors (Lipinski definition) is 7. The van der Waals surface area contributed by atoms with Crippen LogP contribution in [-0.2, 0) is 0 Å². The van der Waals surface area contributed by atoms with Crippen LogP contribution in [0.25, 0.3) is 11.4 Å². The van der Waals surface area contributed by atoms with Crippen LogP contribution in [0.2, 0.25) is 0 Å². The Morgan fingerprint density at radius 1 is 1.21 bits per heavy atom. The van der Waals surface area contributed by atoms with Gasteiger partial charge in [-0.15, -0.1) is 11.3 Å². The first-order valence-electron chi connectivity index (χ1n) is 9.16. The van der Waals surface area contributed by atoms with Crippen LogP contribution < -0.4 is 10.5 Å². The minimum Gasteiger partial charge on any atom is -0.472 e. The van der Waals surface area contributed by atoms with Crippen LogP contribution in [0.1, 0.15) is 29.4 Å². The molecular formula is C20H21N5O2S. The number of piperidine rings is 1. The highest BCUT2D eigenvalue weighted by atomic mass is 32.1. The SMILES string of the molecule is C[C@@H]1CC[C@@H](Oc2cc(N)ccn2)CN1C(=O)c1sccc1-c1ncccn1. The summed E-state index contributed by atoms with van der Waals surface area (Å²) in [5, 5.41) is 1.90. The van der Waals surface area contributed by atoms with E-state index in [9.17, 15) is 4.79 Å². The lowest BCUT2D eigenvalue weighted by atomic mass is 10.0. The number of likely N-dealkylation sites (tertiary alicyclic amines) is 1. The van der Waals surface area contributed by atoms with Gasteiger partial charge >= 0.3 is 0 Å². The number of rotatable bonds is 4. The van der Waals surface area contributed by atoms with E-state index in [-0.39, 0.29) is 18.1 Å². The summed E-state index contributed by atoms with van der Waals surface area (Å²) in [6, 6.07) is 7.21. The van der Waals surface area contributed by atoms with Crippen molar-refractivity contribution >= 4 is 22.9 Å². The molecule has 4 rings (SSSR count). The molecule has 2 atom stereocenters. The summed E-state index contributed by atoms with van der Waals surface area (Å²) in [5.74, 6) is 1.04. The predicted molar refractivity (Wildman–Crippen MR) is 108 cm³/mol. The summed E-state index contributed by atoms with van der Waals surface area (Å²) in [6.07, 6.45) is 6.59. The average molecular weight is 395 g/mol. The number of pyridine rings is 1. The molecule has 0 aromatic carbocycles. The molecule has 0 saturated carbocycles. The van der Waals surface area contributed by atoms with Gasteiger partial charge in [0, 0.05) is 41.9 Å². The predicted octanol–water partition coefficient (Wildman–Crippen LogP) is 3.25. The van der Waals surface area contributed by atoms with E-state index < -0.39 is 0 Å². The molecule has 0 bridgehead atoms. The fraction of sp³-hybridized carbons (Fsp3) is 0.300. The van der Waals surface area contributed by atoms with Gasteiger partial charge in [-0.3, -0.25) is 4.79 Å². The van der Waals surface area contributed by atoms with E-state index >= 15 is 0 Å². The Hall–Kier alpha value is -3.00. The molecular weight excluding hydrogens is 374 g/mol. The van der Waals surface area contributed by atoms with Gasteiger partial charge in [-0.1, -0.05) is 0 Å². The Bertz CT molecular complexity index is 962. The van der Waals surface area contributed by atoms with Crippen molar-refractivity contribution in [2.24, 2.45) is 0 Å². The second kappa shape index (κ2) is 7.93. The van der Waals surface area contributed by atoms with Gasteiger partial charge in [0.25, 0.3) is 5.91 Å². The molecule has 28 heavy (non-hydrogen) atoms. The highest BCUT2D eigenvalue weighted by Gasteiger charge is 2.32. The first-order chi connectivity index (χ1) is 13.6. The number of nitrogens with zero attached hydrogens (tertiary/aromatic N) is 4. The van der Waals surface area contributed by atoms with Gasteiger partial charge in [-0.25, -0.2) is 15.0 Å². The second-order valence-corrected chi connectivity index (χ2v) is 7.70. The number of anilines is 1. The van der Waals surface area contributed by atoms with Crippen molar-refractivity contribution < 1.29 is 9.53 Å². The summed E-state index contributed by atoms with van der Waals surface area (Å²) in [7, 11) is 0. The molecule has 4 heterocycles. The number of ether oxygens (including phenoxy) is 1. The molecule has 0 spiro atoms. The van der Waals surface area contributed by atoms with E-state index in [4.69, 9.17) is 10.5 Å². The summed E-state index contributed by atoms with van der Waals surface area (Å²) < 4.78 is 5.99. The number of hydrogen-bond donors (Lipinski definition) is 1. The lowest BCUT2D eigenvalue weighted by molar-refractivity contribution is 0.0377. The third-order valence-corrected chi connectivity index (χ3v) is 5.71. The fourth-order valence-corrected chi connectivity index (χ4v) is 4.18. The third-order valence-electron chi connectivity index (χ3n) is 4.81. The maximum absolute atomic E-state index is 13.3. The van der Waals surface area contributed by atoms with Crippen molar-refractivity contribution in [1.29, 1.82) is 0 Å². The summed E-state index contributed by atoms with van der Waals surface area (Å²) in [6.45, 7) is 2.57. The molecule has 2 N–H and O–H groups in total. The molecule has 3 aromatic heterocycles. The smallest absolute Gasteiger partial charge is 0.265 e. The summed E-state index contributed by atoms with van der Waals surface area (Å²) >= 11 is 1.41. The first kappa shape index (κ1) is 18.4. The van der Waals surface area contributed by atoms with E-state index in [1.54, 1.807) is 36.8 Å². The molecule has 0 aliphatic carbocycles. The van der Waals surface area contributed by atoms with Gasteiger partial charge in [0.1, 0.15) is 11.0 Å². The number of carbonyl (C=O) groups is 1. The summed E-state index contributed by atoms with van der Waals surface area (Å²) in [5.41, 5.74) is 7.17. The first-order valence-corrected chi connectivity index (χ1v) is 10.0. The van der Waals surface area contributed by atoms with E-state index in [2.05, 4.69) is 21.9 Å². The van der Waals surface area contributed by atoms with Gasteiger partial charge < -0.3 is 15.4 Å². The zero-order valence-corrected chi connectivity index (χ0v) is 16.3. The minimum absolute atomic E-state index is 0.0150. The molecule has 3 aromatic rings. The molecule has 1 aliphatic heterocycles. The Kier molecular flexibility index (Phi) is 5.21. The Balaban J connectivity index is 1.53. The van der Waals surface area contributed by atoms with E-state index in [0.717, 1.165) is 18.4 Å². The van der Waals surface area contributed by atoms with Crippen LogP contribution in [0.5, 0.6) is 5.88 Å². The molecule has 0 unspecified atom stereocenters. The van der Waals surface area contributed by atoms with Gasteiger partial charge in [0.15, 0.2) is 5.82 Å². The molecule has 7 nitrogen and oxygen atoms in total. The highest BCUT2D eigenvalue weighted by Crippen LogP contribution is 2.30. The van der Waals surface area contributed by atoms with Crippen LogP contribution in [-0.4, -0.2) is 44.4 Å². The van der Waals surface area contributed by atoms with Crippen LogP contribution >= 0.6 is 11.3 Å². The zero-order chi connectivity index (χ0) is 19.5. The monoisotopic (exact) mass is 395 g/mol. The standard InChI is InChI=1S/C20H21N5O2S/c1-13-3-4-15(27-17-11-14(21)5-9-22-17)12-25(13)20(26)18-16(6-10-28-18)19-23-7-2-8-24-19/h2,5-11,13,15H,3-4,12H2,1H3,(H2,21,22)/t13-,15-/m1/s1. The van der Waals surface area contributed by atoms with Crippen LogP contribution in [0.3, 0.4) is 0 Å². The fourth-order valence-electron chi connectivity index (χ4n) is 3.33. The molecule has 8 heteroatoms. The van der Waals surface area contributed by atoms with Gasteiger partial charge in [-0.2, -0.15) is 0 Å². The molecule has 1 saturated heterocycles. The topological polar surface area (TPSA) is 94.2 Å². The molecule has 144 valence electrons. The number of nitrogens with two attached hydrogens (primary N) is 1. The Morgan fingerprint density at radius 2 is 2.04 bits per heavy atom.